The zero-order valence-corrected chi connectivity index (χ0v) is 11.3. The quantitative estimate of drug-likeness (QED) is 0.788. The number of carbonyl (C=O) groups is 1. The van der Waals surface area contributed by atoms with Crippen LogP contribution in [0.15, 0.2) is 12.1 Å². The highest BCUT2D eigenvalue weighted by Gasteiger charge is 2.22. The van der Waals surface area contributed by atoms with Crippen molar-refractivity contribution in [1.29, 1.82) is 0 Å². The normalized spacial score (nSPS) is 14.7. The predicted octanol–water partition coefficient (Wildman–Crippen LogP) is 3.34. The van der Waals surface area contributed by atoms with Gasteiger partial charge in [-0.05, 0) is 38.8 Å². The Kier molecular flexibility index (Phi) is 2.74. The number of Topliss-reactive ketones (excluding diaryl/α,β-unsaturated/α-hetero) is 1. The zero-order chi connectivity index (χ0) is 12.7. The number of rotatable bonds is 1. The van der Waals surface area contributed by atoms with Gasteiger partial charge in [-0.2, -0.15) is 0 Å². The van der Waals surface area contributed by atoms with Crippen LogP contribution in [-0.2, 0) is 6.42 Å². The molecule has 0 spiro atoms. The Morgan fingerprint density at radius 3 is 2.50 bits per heavy atom. The molecule has 0 saturated carbocycles. The van der Waals surface area contributed by atoms with Crippen LogP contribution in [0.2, 0.25) is 0 Å². The number of aryl methyl sites for hydroxylation is 3. The summed E-state index contributed by atoms with van der Waals surface area (Å²) in [6, 6.07) is 4.06. The van der Waals surface area contributed by atoms with E-state index in [0.29, 0.717) is 12.1 Å². The van der Waals surface area contributed by atoms with Crippen LogP contribution in [0.25, 0.3) is 10.6 Å². The largest absolute Gasteiger partial charge is 0.292 e. The molecule has 1 aliphatic rings. The molecular formula is C14H14N2OS. The van der Waals surface area contributed by atoms with Crippen molar-refractivity contribution < 1.29 is 4.79 Å². The number of aromatic nitrogens is 2. The Morgan fingerprint density at radius 2 is 1.83 bits per heavy atom. The molecule has 0 amide bonds. The van der Waals surface area contributed by atoms with Gasteiger partial charge in [-0.15, -0.1) is 11.3 Å². The van der Waals surface area contributed by atoms with E-state index in [1.807, 2.05) is 26.0 Å². The minimum Gasteiger partial charge on any atom is -0.292 e. The molecule has 0 bridgehead atoms. The number of thiazole rings is 1. The summed E-state index contributed by atoms with van der Waals surface area (Å²) in [6.45, 7) is 3.96. The van der Waals surface area contributed by atoms with Gasteiger partial charge < -0.3 is 0 Å². The molecule has 2 heterocycles. The molecule has 2 aromatic heterocycles. The molecule has 2 aromatic rings. The number of pyridine rings is 1. The summed E-state index contributed by atoms with van der Waals surface area (Å²) in [6.07, 6.45) is 2.59. The van der Waals surface area contributed by atoms with Gasteiger partial charge >= 0.3 is 0 Å². The lowest BCUT2D eigenvalue weighted by molar-refractivity contribution is 0.0968. The fourth-order valence-electron chi connectivity index (χ4n) is 2.35. The second-order valence-corrected chi connectivity index (χ2v) is 5.79. The molecule has 0 radical (unpaired) electrons. The standard InChI is InChI=1S/C14H14N2OS/c1-8-6-10(7-9(2)15-8)14-16-13-11(17)4-3-5-12(13)18-14/h6-7H,3-5H2,1-2H3. The average molecular weight is 258 g/mol. The van der Waals surface area contributed by atoms with Gasteiger partial charge in [-0.25, -0.2) is 4.98 Å². The molecule has 1 aliphatic carbocycles. The molecule has 4 heteroatoms. The first kappa shape index (κ1) is 11.5. The lowest BCUT2D eigenvalue weighted by Gasteiger charge is -2.06. The highest BCUT2D eigenvalue weighted by molar-refractivity contribution is 7.15. The lowest BCUT2D eigenvalue weighted by Crippen LogP contribution is -2.08. The molecule has 0 aliphatic heterocycles. The van der Waals surface area contributed by atoms with E-state index in [4.69, 9.17) is 0 Å². The Hall–Kier alpha value is -1.55. The van der Waals surface area contributed by atoms with E-state index in [9.17, 15) is 4.79 Å². The molecule has 3 nitrogen and oxygen atoms in total. The molecule has 92 valence electrons. The minimum absolute atomic E-state index is 0.196. The maximum Gasteiger partial charge on any atom is 0.182 e. The van der Waals surface area contributed by atoms with Crippen molar-refractivity contribution in [2.24, 2.45) is 0 Å². The Balaban J connectivity index is 2.10. The summed E-state index contributed by atoms with van der Waals surface area (Å²) in [5, 5.41) is 0.948. The van der Waals surface area contributed by atoms with Crippen molar-refractivity contribution in [2.45, 2.75) is 33.1 Å². The Bertz CT molecular complexity index is 610. The zero-order valence-electron chi connectivity index (χ0n) is 10.5. The molecule has 0 aromatic carbocycles. The number of nitrogens with zero attached hydrogens (tertiary/aromatic N) is 2. The number of carbonyl (C=O) groups excluding carboxylic acids is 1. The van der Waals surface area contributed by atoms with E-state index < -0.39 is 0 Å². The van der Waals surface area contributed by atoms with Gasteiger partial charge in [0.05, 0.1) is 0 Å². The molecule has 0 atom stereocenters. The molecule has 0 saturated heterocycles. The van der Waals surface area contributed by atoms with E-state index in [1.54, 1.807) is 11.3 Å². The first-order chi connectivity index (χ1) is 8.63. The summed E-state index contributed by atoms with van der Waals surface area (Å²) in [7, 11) is 0. The van der Waals surface area contributed by atoms with Gasteiger partial charge in [0.15, 0.2) is 5.78 Å². The van der Waals surface area contributed by atoms with E-state index in [0.717, 1.165) is 39.7 Å². The molecule has 0 unspecified atom stereocenters. The van der Waals surface area contributed by atoms with Gasteiger partial charge in [-0.1, -0.05) is 0 Å². The number of ketones is 1. The number of hydrogen-bond acceptors (Lipinski definition) is 4. The first-order valence-corrected chi connectivity index (χ1v) is 6.94. The van der Waals surface area contributed by atoms with Crippen molar-refractivity contribution in [3.63, 3.8) is 0 Å². The highest BCUT2D eigenvalue weighted by Crippen LogP contribution is 2.32. The topological polar surface area (TPSA) is 42.9 Å². The summed E-state index contributed by atoms with van der Waals surface area (Å²) in [4.78, 5) is 21.8. The SMILES string of the molecule is Cc1cc(-c2nc3c(s2)CCCC3=O)cc(C)n1. The summed E-state index contributed by atoms with van der Waals surface area (Å²) >= 11 is 1.65. The van der Waals surface area contributed by atoms with Crippen LogP contribution >= 0.6 is 11.3 Å². The van der Waals surface area contributed by atoms with Gasteiger partial charge in [0.25, 0.3) is 0 Å². The van der Waals surface area contributed by atoms with Crippen LogP contribution < -0.4 is 0 Å². The molecular weight excluding hydrogens is 244 g/mol. The van der Waals surface area contributed by atoms with Crippen molar-refractivity contribution in [3.05, 3.63) is 34.1 Å². The Labute approximate surface area is 110 Å². The predicted molar refractivity (Wildman–Crippen MR) is 72.1 cm³/mol. The van der Waals surface area contributed by atoms with Gasteiger partial charge in [0.1, 0.15) is 10.7 Å². The number of hydrogen-bond donors (Lipinski definition) is 0. The van der Waals surface area contributed by atoms with Gasteiger partial charge in [0, 0.05) is 28.2 Å². The van der Waals surface area contributed by atoms with Crippen molar-refractivity contribution >= 4 is 17.1 Å². The third kappa shape index (κ3) is 1.97. The minimum atomic E-state index is 0.196. The van der Waals surface area contributed by atoms with Crippen LogP contribution in [0.1, 0.15) is 39.6 Å². The summed E-state index contributed by atoms with van der Waals surface area (Å²) in [5.41, 5.74) is 3.76. The summed E-state index contributed by atoms with van der Waals surface area (Å²) in [5.74, 6) is 0.196. The number of fused-ring (bicyclic) bond motifs is 1. The molecule has 3 rings (SSSR count). The summed E-state index contributed by atoms with van der Waals surface area (Å²) < 4.78 is 0. The van der Waals surface area contributed by atoms with Crippen molar-refractivity contribution in [1.82, 2.24) is 9.97 Å². The van der Waals surface area contributed by atoms with Crippen LogP contribution in [-0.4, -0.2) is 15.8 Å². The van der Waals surface area contributed by atoms with Crippen molar-refractivity contribution in [2.75, 3.05) is 0 Å². The maximum atomic E-state index is 11.8. The highest BCUT2D eigenvalue weighted by atomic mass is 32.1. The smallest absolute Gasteiger partial charge is 0.182 e. The first-order valence-electron chi connectivity index (χ1n) is 6.12. The van der Waals surface area contributed by atoms with Crippen molar-refractivity contribution in [3.8, 4) is 10.6 Å². The second kappa shape index (κ2) is 4.28. The molecule has 18 heavy (non-hydrogen) atoms. The van der Waals surface area contributed by atoms with E-state index >= 15 is 0 Å². The van der Waals surface area contributed by atoms with Crippen LogP contribution in [0.5, 0.6) is 0 Å². The van der Waals surface area contributed by atoms with Gasteiger partial charge in [0.2, 0.25) is 0 Å². The maximum absolute atomic E-state index is 11.8. The van der Waals surface area contributed by atoms with Crippen LogP contribution in [0.4, 0.5) is 0 Å². The van der Waals surface area contributed by atoms with E-state index in [1.165, 1.54) is 0 Å². The van der Waals surface area contributed by atoms with E-state index in [2.05, 4.69) is 9.97 Å². The van der Waals surface area contributed by atoms with Gasteiger partial charge in [-0.3, -0.25) is 9.78 Å². The average Bonchev–Trinajstić information content (AvgIpc) is 2.73. The van der Waals surface area contributed by atoms with E-state index in [-0.39, 0.29) is 5.78 Å². The lowest BCUT2D eigenvalue weighted by atomic mass is 10.0. The molecule has 0 fully saturated rings. The Morgan fingerprint density at radius 1 is 1.11 bits per heavy atom. The third-order valence-corrected chi connectivity index (χ3v) is 4.26. The van der Waals surface area contributed by atoms with Crippen LogP contribution in [0.3, 0.4) is 0 Å². The molecule has 0 N–H and O–H groups in total. The fraction of sp³-hybridized carbons (Fsp3) is 0.357. The fourth-order valence-corrected chi connectivity index (χ4v) is 3.46. The van der Waals surface area contributed by atoms with Crippen LogP contribution in [0, 0.1) is 13.8 Å². The second-order valence-electron chi connectivity index (χ2n) is 4.71. The monoisotopic (exact) mass is 258 g/mol. The third-order valence-electron chi connectivity index (χ3n) is 3.10.